The van der Waals surface area contributed by atoms with Gasteiger partial charge in [-0.25, -0.2) is 9.55 Å². The summed E-state index contributed by atoms with van der Waals surface area (Å²) in [4.78, 5) is 42.1. The normalized spacial score (nSPS) is 20.8. The molecular weight excluding hydrogens is 444 g/mol. The number of oxime groups is 1. The van der Waals surface area contributed by atoms with Crippen molar-refractivity contribution < 1.29 is 29.3 Å². The van der Waals surface area contributed by atoms with Crippen molar-refractivity contribution in [3.8, 4) is 0 Å². The van der Waals surface area contributed by atoms with Gasteiger partial charge >= 0.3 is 0 Å². The number of nitrogens with two attached hydrogens (primary N) is 1. The minimum absolute atomic E-state index is 0.0694. The Balaban J connectivity index is 1.52. The number of β-lactam (4-membered cyclic amide) rings is 1. The average molecular weight is 460 g/mol. The topological polar surface area (TPSA) is 165 Å². The van der Waals surface area contributed by atoms with Gasteiger partial charge in [-0.2, -0.15) is 0 Å². The Morgan fingerprint density at radius 1 is 1.39 bits per heavy atom. The number of hydrogen-bond acceptors (Lipinski definition) is 10. The fraction of sp³-hybridized carbons (Fsp3) is 0.222. The van der Waals surface area contributed by atoms with Crippen molar-refractivity contribution in [2.24, 2.45) is 5.16 Å². The first-order valence-corrected chi connectivity index (χ1v) is 10.9. The minimum Gasteiger partial charge on any atom is -0.543 e. The van der Waals surface area contributed by atoms with Crippen molar-refractivity contribution in [1.29, 1.82) is 0 Å². The Morgan fingerprint density at radius 2 is 2.13 bits per heavy atom. The summed E-state index contributed by atoms with van der Waals surface area (Å²) in [7, 11) is 0. The maximum Gasteiger partial charge on any atom is 0.276 e. The molecule has 2 aliphatic heterocycles. The standard InChI is InChI=1S/C18H16N6O5S2/c19-18-20-10(8-31-18)11(22-29)14(25)21-12-15(26)24-13(17(27)28)9(7-30-16(12)24)6-23-4-2-1-3-5-23/h1-5,8,12,16H,6-7H2,(H4-,19,20,21,25,27,28,29)/t12?,16-/m1/s1. The molecule has 11 nitrogen and oxygen atoms in total. The van der Waals surface area contributed by atoms with Crippen molar-refractivity contribution in [3.63, 3.8) is 0 Å². The van der Waals surface area contributed by atoms with Crippen LogP contribution in [0.2, 0.25) is 0 Å². The molecule has 4 heterocycles. The molecule has 0 aromatic carbocycles. The number of nitrogens with one attached hydrogen (secondary N) is 1. The maximum absolute atomic E-state index is 12.7. The number of hydrogen-bond donors (Lipinski definition) is 3. The number of carboxylic acids is 1. The molecule has 2 aromatic rings. The molecule has 4 N–H and O–H groups in total. The summed E-state index contributed by atoms with van der Waals surface area (Å²) in [6.45, 7) is 0.289. The van der Waals surface area contributed by atoms with E-state index in [1.165, 1.54) is 17.1 Å². The number of amides is 2. The van der Waals surface area contributed by atoms with Gasteiger partial charge in [0.05, 0.1) is 11.7 Å². The highest BCUT2D eigenvalue weighted by molar-refractivity contribution is 8.00. The number of carboxylic acid groups (broad SMARTS) is 1. The van der Waals surface area contributed by atoms with Gasteiger partial charge in [0.15, 0.2) is 29.8 Å². The lowest BCUT2D eigenvalue weighted by Crippen LogP contribution is -2.71. The number of pyridine rings is 1. The van der Waals surface area contributed by atoms with Crippen LogP contribution in [-0.2, 0) is 20.9 Å². The Labute approximate surface area is 183 Å². The number of rotatable bonds is 6. The van der Waals surface area contributed by atoms with Crippen LogP contribution in [0.5, 0.6) is 0 Å². The highest BCUT2D eigenvalue weighted by atomic mass is 32.2. The van der Waals surface area contributed by atoms with Crippen molar-refractivity contribution in [2.75, 3.05) is 11.5 Å². The lowest BCUT2D eigenvalue weighted by Gasteiger charge is -2.50. The highest BCUT2D eigenvalue weighted by Gasteiger charge is 2.53. The monoisotopic (exact) mass is 460 g/mol. The fourth-order valence-electron chi connectivity index (χ4n) is 3.37. The third-order valence-corrected chi connectivity index (χ3v) is 6.77. The van der Waals surface area contributed by atoms with Crippen LogP contribution in [-0.4, -0.2) is 55.8 Å². The van der Waals surface area contributed by atoms with E-state index >= 15 is 0 Å². The predicted octanol–water partition coefficient (Wildman–Crippen LogP) is -1.70. The largest absolute Gasteiger partial charge is 0.543 e. The molecule has 1 unspecified atom stereocenters. The Hall–Kier alpha value is -3.45. The molecule has 4 rings (SSSR count). The average Bonchev–Trinajstić information content (AvgIpc) is 3.18. The Morgan fingerprint density at radius 3 is 2.74 bits per heavy atom. The van der Waals surface area contributed by atoms with Crippen LogP contribution in [0.4, 0.5) is 5.13 Å². The van der Waals surface area contributed by atoms with Gasteiger partial charge in [0, 0.05) is 28.8 Å². The molecule has 0 bridgehead atoms. The van der Waals surface area contributed by atoms with Gasteiger partial charge in [-0.3, -0.25) is 14.5 Å². The first-order chi connectivity index (χ1) is 14.9. The van der Waals surface area contributed by atoms with Crippen molar-refractivity contribution in [3.05, 3.63) is 52.9 Å². The number of aromatic nitrogens is 2. The Kier molecular flexibility index (Phi) is 5.61. The zero-order valence-corrected chi connectivity index (χ0v) is 17.4. The molecule has 2 aliphatic rings. The molecular formula is C18H16N6O5S2. The summed E-state index contributed by atoms with van der Waals surface area (Å²) in [5, 5.41) is 27.5. The van der Waals surface area contributed by atoms with Gasteiger partial charge < -0.3 is 26.2 Å². The summed E-state index contributed by atoms with van der Waals surface area (Å²) >= 11 is 2.39. The molecule has 1 saturated heterocycles. The molecule has 160 valence electrons. The lowest BCUT2D eigenvalue weighted by molar-refractivity contribution is -0.689. The Bertz CT molecular complexity index is 1120. The van der Waals surface area contributed by atoms with E-state index in [0.29, 0.717) is 11.3 Å². The van der Waals surface area contributed by atoms with Gasteiger partial charge in [-0.1, -0.05) is 11.2 Å². The summed E-state index contributed by atoms with van der Waals surface area (Å²) in [6, 6.07) is 4.49. The van der Waals surface area contributed by atoms with Crippen LogP contribution in [0.1, 0.15) is 5.69 Å². The van der Waals surface area contributed by atoms with Gasteiger partial charge in [0.25, 0.3) is 11.8 Å². The van der Waals surface area contributed by atoms with Gasteiger partial charge in [-0.05, 0) is 0 Å². The zero-order chi connectivity index (χ0) is 22.1. The van der Waals surface area contributed by atoms with Gasteiger partial charge in [-0.15, -0.1) is 23.1 Å². The van der Waals surface area contributed by atoms with E-state index in [0.717, 1.165) is 16.2 Å². The van der Waals surface area contributed by atoms with Crippen LogP contribution >= 0.6 is 23.1 Å². The quantitative estimate of drug-likeness (QED) is 0.151. The predicted molar refractivity (Wildman–Crippen MR) is 109 cm³/mol. The summed E-state index contributed by atoms with van der Waals surface area (Å²) in [5.74, 6) is -2.52. The van der Waals surface area contributed by atoms with Crippen LogP contribution in [0.3, 0.4) is 0 Å². The molecule has 0 saturated carbocycles. The lowest BCUT2D eigenvalue weighted by atomic mass is 10.0. The molecule has 0 aliphatic carbocycles. The molecule has 31 heavy (non-hydrogen) atoms. The van der Waals surface area contributed by atoms with Crippen LogP contribution < -0.4 is 20.7 Å². The van der Waals surface area contributed by atoms with E-state index in [-0.39, 0.29) is 23.1 Å². The second-order valence-electron chi connectivity index (χ2n) is 6.67. The number of thioether (sulfide) groups is 1. The van der Waals surface area contributed by atoms with E-state index < -0.39 is 34.9 Å². The maximum atomic E-state index is 12.7. The second kappa shape index (κ2) is 8.35. The molecule has 1 fully saturated rings. The van der Waals surface area contributed by atoms with Crippen molar-refractivity contribution >= 4 is 51.7 Å². The number of anilines is 1. The molecule has 2 amide bonds. The molecule has 0 spiro atoms. The second-order valence-corrected chi connectivity index (χ2v) is 8.66. The smallest absolute Gasteiger partial charge is 0.276 e. The van der Waals surface area contributed by atoms with Crippen molar-refractivity contribution in [1.82, 2.24) is 15.2 Å². The van der Waals surface area contributed by atoms with E-state index in [2.05, 4.69) is 15.5 Å². The molecule has 2 aromatic heterocycles. The molecule has 13 heteroatoms. The van der Waals surface area contributed by atoms with Crippen LogP contribution in [0, 0.1) is 0 Å². The number of nitrogens with zero attached hydrogens (tertiary/aromatic N) is 4. The number of thiazole rings is 1. The SMILES string of the molecule is Nc1nc(/C(=N/O)C(=O)NC2C(=O)N3C(C(=O)[O-])=C(C[n+]4ccccc4)CS[C@H]23)cs1. The fourth-order valence-corrected chi connectivity index (χ4v) is 5.26. The van der Waals surface area contributed by atoms with E-state index in [9.17, 15) is 24.7 Å². The van der Waals surface area contributed by atoms with E-state index in [1.54, 1.807) is 17.0 Å². The van der Waals surface area contributed by atoms with E-state index in [4.69, 9.17) is 5.73 Å². The number of nitrogen functional groups attached to an aromatic ring is 1. The summed E-state index contributed by atoms with van der Waals surface area (Å²) in [5.41, 5.74) is 5.57. The molecule has 2 atom stereocenters. The number of carbonyl (C=O) groups excluding carboxylic acids is 3. The number of fused-ring (bicyclic) bond motifs is 1. The third-order valence-electron chi connectivity index (χ3n) is 4.76. The first kappa shape index (κ1) is 20.8. The highest BCUT2D eigenvalue weighted by Crippen LogP contribution is 2.40. The van der Waals surface area contributed by atoms with Gasteiger partial charge in [0.2, 0.25) is 0 Å². The third kappa shape index (κ3) is 3.84. The zero-order valence-electron chi connectivity index (χ0n) is 15.8. The van der Waals surface area contributed by atoms with Crippen LogP contribution in [0.25, 0.3) is 0 Å². The molecule has 0 radical (unpaired) electrons. The first-order valence-electron chi connectivity index (χ1n) is 8.97. The summed E-state index contributed by atoms with van der Waals surface area (Å²) in [6.07, 6.45) is 3.58. The number of aliphatic carboxylic acids is 1. The number of carbonyl (C=O) groups is 3. The van der Waals surface area contributed by atoms with Crippen LogP contribution in [0.15, 0.2) is 52.4 Å². The minimum atomic E-state index is -1.45. The van der Waals surface area contributed by atoms with Gasteiger partial charge in [0.1, 0.15) is 17.1 Å². The van der Waals surface area contributed by atoms with E-state index in [1.807, 2.05) is 18.2 Å². The van der Waals surface area contributed by atoms with Crippen molar-refractivity contribution in [2.45, 2.75) is 18.0 Å². The summed E-state index contributed by atoms with van der Waals surface area (Å²) < 4.78 is 1.80.